The molecule has 0 aromatic rings. The smallest absolute Gasteiger partial charge is 0.308 e. The molecule has 3 heteroatoms. The van der Waals surface area contributed by atoms with Crippen LogP contribution in [0.3, 0.4) is 0 Å². The van der Waals surface area contributed by atoms with Gasteiger partial charge in [-0.3, -0.25) is 4.79 Å². The standard InChI is InChI=1S/C31H50O3/c1-21(2)29(33)34-30(5,6)18-8-10-23(4)27-16-17-28-24(11-9-19-31(27,28)7)13-14-25-20-26(32)15-12-22(25)3/h13-14,21,23,26-28,32H,3,8-12,15-20H2,1-2,4-7H3/t23-,26+,27-,28-,31-/m1/s1. The number of ether oxygens (including phenoxy) is 1. The largest absolute Gasteiger partial charge is 0.459 e. The first-order valence-corrected chi connectivity index (χ1v) is 13.9. The molecule has 0 bridgehead atoms. The number of aliphatic hydroxyl groups is 1. The molecule has 0 aliphatic heterocycles. The van der Waals surface area contributed by atoms with Crippen LogP contribution in [0.15, 0.2) is 35.5 Å². The summed E-state index contributed by atoms with van der Waals surface area (Å²) in [5.74, 6) is 1.99. The van der Waals surface area contributed by atoms with Gasteiger partial charge in [-0.1, -0.05) is 64.0 Å². The summed E-state index contributed by atoms with van der Waals surface area (Å²) in [5.41, 5.74) is 4.10. The minimum absolute atomic E-state index is 0.0704. The summed E-state index contributed by atoms with van der Waals surface area (Å²) in [6.45, 7) is 17.2. The Morgan fingerprint density at radius 3 is 2.65 bits per heavy atom. The first kappa shape index (κ1) is 27.2. The zero-order valence-corrected chi connectivity index (χ0v) is 22.8. The van der Waals surface area contributed by atoms with Crippen LogP contribution in [-0.2, 0) is 9.53 Å². The van der Waals surface area contributed by atoms with Crippen molar-refractivity contribution in [1.29, 1.82) is 0 Å². The van der Waals surface area contributed by atoms with E-state index < -0.39 is 0 Å². The highest BCUT2D eigenvalue weighted by Gasteiger charge is 2.50. The highest BCUT2D eigenvalue weighted by molar-refractivity contribution is 5.71. The molecule has 0 saturated heterocycles. The third kappa shape index (κ3) is 6.45. The number of rotatable bonds is 8. The summed E-state index contributed by atoms with van der Waals surface area (Å²) < 4.78 is 5.74. The van der Waals surface area contributed by atoms with E-state index in [1.54, 1.807) is 5.57 Å². The van der Waals surface area contributed by atoms with Gasteiger partial charge in [-0.05, 0) is 107 Å². The van der Waals surface area contributed by atoms with Gasteiger partial charge in [0.1, 0.15) is 5.60 Å². The summed E-state index contributed by atoms with van der Waals surface area (Å²) in [7, 11) is 0. The van der Waals surface area contributed by atoms with Gasteiger partial charge in [-0.2, -0.15) is 0 Å². The third-order valence-electron chi connectivity index (χ3n) is 9.20. The number of aliphatic hydroxyl groups excluding tert-OH is 1. The maximum atomic E-state index is 12.0. The molecular formula is C31H50O3. The second kappa shape index (κ2) is 11.1. The van der Waals surface area contributed by atoms with Crippen molar-refractivity contribution in [3.05, 3.63) is 35.5 Å². The number of hydrogen-bond acceptors (Lipinski definition) is 3. The summed E-state index contributed by atoms with van der Waals surface area (Å²) in [6, 6.07) is 0. The molecule has 0 heterocycles. The Kier molecular flexibility index (Phi) is 8.93. The fourth-order valence-electron chi connectivity index (χ4n) is 7.10. The molecule has 3 saturated carbocycles. The van der Waals surface area contributed by atoms with Crippen molar-refractivity contribution in [2.75, 3.05) is 0 Å². The summed E-state index contributed by atoms with van der Waals surface area (Å²) >= 11 is 0. The van der Waals surface area contributed by atoms with Crippen LogP contribution < -0.4 is 0 Å². The van der Waals surface area contributed by atoms with Gasteiger partial charge in [0.15, 0.2) is 0 Å². The van der Waals surface area contributed by atoms with E-state index in [4.69, 9.17) is 4.74 Å². The second-order valence-corrected chi connectivity index (χ2v) is 12.7. The summed E-state index contributed by atoms with van der Waals surface area (Å²) in [6.07, 6.45) is 16.7. The van der Waals surface area contributed by atoms with Gasteiger partial charge in [0, 0.05) is 0 Å². The Morgan fingerprint density at radius 2 is 1.94 bits per heavy atom. The van der Waals surface area contributed by atoms with Crippen molar-refractivity contribution < 1.29 is 14.6 Å². The Bertz CT molecular complexity index is 801. The molecule has 1 N–H and O–H groups in total. The molecule has 34 heavy (non-hydrogen) atoms. The zero-order valence-electron chi connectivity index (χ0n) is 22.8. The molecule has 3 nitrogen and oxygen atoms in total. The van der Waals surface area contributed by atoms with Gasteiger partial charge in [0.05, 0.1) is 12.0 Å². The van der Waals surface area contributed by atoms with Gasteiger partial charge in [-0.25, -0.2) is 0 Å². The summed E-state index contributed by atoms with van der Waals surface area (Å²) in [4.78, 5) is 12.0. The van der Waals surface area contributed by atoms with Gasteiger partial charge in [-0.15, -0.1) is 0 Å². The Morgan fingerprint density at radius 1 is 1.21 bits per heavy atom. The number of carbonyl (C=O) groups is 1. The number of allylic oxidation sites excluding steroid dienone is 4. The lowest BCUT2D eigenvalue weighted by Gasteiger charge is -2.44. The van der Waals surface area contributed by atoms with E-state index in [1.807, 2.05) is 13.8 Å². The van der Waals surface area contributed by atoms with Crippen LogP contribution in [-0.4, -0.2) is 22.8 Å². The van der Waals surface area contributed by atoms with E-state index >= 15 is 0 Å². The first-order valence-electron chi connectivity index (χ1n) is 13.9. The second-order valence-electron chi connectivity index (χ2n) is 12.7. The van der Waals surface area contributed by atoms with Crippen LogP contribution in [0.4, 0.5) is 0 Å². The Balaban J connectivity index is 1.60. The van der Waals surface area contributed by atoms with E-state index in [0.29, 0.717) is 17.3 Å². The molecule has 0 radical (unpaired) electrons. The van der Waals surface area contributed by atoms with E-state index in [-0.39, 0.29) is 23.6 Å². The van der Waals surface area contributed by atoms with Crippen LogP contribution in [0.2, 0.25) is 0 Å². The lowest BCUT2D eigenvalue weighted by Crippen LogP contribution is -2.36. The van der Waals surface area contributed by atoms with Crippen molar-refractivity contribution in [2.45, 2.75) is 124 Å². The minimum Gasteiger partial charge on any atom is -0.459 e. The SMILES string of the molecule is C=C1CC[C@H](O)CC1=CC=C1CCC[C@@]2(C)[C@@H]1CC[C@@H]2[C@H](C)CCCC(C)(C)OC(=O)C(C)C. The van der Waals surface area contributed by atoms with Crippen molar-refractivity contribution in [1.82, 2.24) is 0 Å². The van der Waals surface area contributed by atoms with E-state index in [1.165, 1.54) is 49.7 Å². The number of carbonyl (C=O) groups excluding carboxylic acids is 1. The average Bonchev–Trinajstić information content (AvgIpc) is 3.11. The van der Waals surface area contributed by atoms with E-state index in [9.17, 15) is 9.90 Å². The van der Waals surface area contributed by atoms with Crippen LogP contribution in [0, 0.1) is 29.1 Å². The Hall–Kier alpha value is -1.35. The highest BCUT2D eigenvalue weighted by Crippen LogP contribution is 2.60. The fraction of sp³-hybridized carbons (Fsp3) is 0.774. The van der Waals surface area contributed by atoms with Crippen molar-refractivity contribution >= 4 is 5.97 Å². The monoisotopic (exact) mass is 470 g/mol. The number of fused-ring (bicyclic) bond motifs is 1. The number of esters is 1. The third-order valence-corrected chi connectivity index (χ3v) is 9.20. The molecule has 192 valence electrons. The van der Waals surface area contributed by atoms with Crippen molar-refractivity contribution in [3.63, 3.8) is 0 Å². The predicted molar refractivity (Wildman–Crippen MR) is 141 cm³/mol. The quantitative estimate of drug-likeness (QED) is 0.366. The molecule has 3 aliphatic rings. The molecule has 0 unspecified atom stereocenters. The lowest BCUT2D eigenvalue weighted by atomic mass is 9.60. The molecule has 3 fully saturated rings. The molecular weight excluding hydrogens is 420 g/mol. The minimum atomic E-state index is -0.381. The van der Waals surface area contributed by atoms with Crippen LogP contribution in [0.1, 0.15) is 112 Å². The predicted octanol–water partition coefficient (Wildman–Crippen LogP) is 7.94. The topological polar surface area (TPSA) is 46.5 Å². The zero-order chi connectivity index (χ0) is 25.1. The fourth-order valence-corrected chi connectivity index (χ4v) is 7.10. The van der Waals surface area contributed by atoms with E-state index in [0.717, 1.165) is 38.0 Å². The van der Waals surface area contributed by atoms with Gasteiger partial charge in [0.2, 0.25) is 0 Å². The first-order chi connectivity index (χ1) is 15.9. The van der Waals surface area contributed by atoms with Gasteiger partial charge >= 0.3 is 5.97 Å². The summed E-state index contributed by atoms with van der Waals surface area (Å²) in [5, 5.41) is 10.1. The molecule has 3 rings (SSSR count). The maximum absolute atomic E-state index is 12.0. The average molecular weight is 471 g/mol. The Labute approximate surface area is 209 Å². The maximum Gasteiger partial charge on any atom is 0.308 e. The molecule has 3 aliphatic carbocycles. The highest BCUT2D eigenvalue weighted by atomic mass is 16.6. The van der Waals surface area contributed by atoms with E-state index in [2.05, 4.69) is 46.4 Å². The van der Waals surface area contributed by atoms with Crippen LogP contribution in [0.25, 0.3) is 0 Å². The van der Waals surface area contributed by atoms with Crippen molar-refractivity contribution in [2.24, 2.45) is 29.1 Å². The molecule has 0 aromatic heterocycles. The molecule has 0 amide bonds. The number of hydrogen-bond donors (Lipinski definition) is 1. The molecule has 0 spiro atoms. The van der Waals surface area contributed by atoms with Crippen LogP contribution >= 0.6 is 0 Å². The van der Waals surface area contributed by atoms with Crippen LogP contribution in [0.5, 0.6) is 0 Å². The van der Waals surface area contributed by atoms with Crippen molar-refractivity contribution in [3.8, 4) is 0 Å². The molecule has 0 aromatic carbocycles. The molecule has 5 atom stereocenters. The van der Waals surface area contributed by atoms with Gasteiger partial charge in [0.25, 0.3) is 0 Å². The van der Waals surface area contributed by atoms with Gasteiger partial charge < -0.3 is 9.84 Å². The lowest BCUT2D eigenvalue weighted by molar-refractivity contribution is -0.161. The normalized spacial score (nSPS) is 33.4.